The molecule has 1 aromatic rings. The number of nitrogen functional groups attached to an aromatic ring is 1. The molecule has 0 radical (unpaired) electrons. The number of hydrogen-bond acceptors (Lipinski definition) is 4. The second-order valence-corrected chi connectivity index (χ2v) is 5.38. The van der Waals surface area contributed by atoms with Crippen molar-refractivity contribution < 1.29 is 23.1 Å². The number of carbonyl (C=O) groups is 1. The van der Waals surface area contributed by atoms with Crippen LogP contribution in [0.4, 0.5) is 18.9 Å². The van der Waals surface area contributed by atoms with Gasteiger partial charge < -0.3 is 15.4 Å². The molecule has 1 amide bonds. The fraction of sp³-hybridized carbons (Fsp3) is 0.462. The van der Waals surface area contributed by atoms with E-state index in [1.165, 1.54) is 27.0 Å². The highest BCUT2D eigenvalue weighted by Gasteiger charge is 2.34. The van der Waals surface area contributed by atoms with E-state index >= 15 is 0 Å². The van der Waals surface area contributed by atoms with Gasteiger partial charge in [0.15, 0.2) is 0 Å². The molecule has 0 saturated heterocycles. The Hall–Kier alpha value is -1.80. The summed E-state index contributed by atoms with van der Waals surface area (Å²) in [6.07, 6.45) is -4.63. The van der Waals surface area contributed by atoms with Gasteiger partial charge in [-0.1, -0.05) is 0 Å². The highest BCUT2D eigenvalue weighted by molar-refractivity contribution is 5.94. The highest BCUT2D eigenvalue weighted by Crippen LogP contribution is 2.35. The van der Waals surface area contributed by atoms with Crippen molar-refractivity contribution in [1.29, 1.82) is 0 Å². The van der Waals surface area contributed by atoms with Crippen molar-refractivity contribution in [2.24, 2.45) is 5.84 Å². The lowest BCUT2D eigenvalue weighted by Gasteiger charge is -2.26. The van der Waals surface area contributed by atoms with Crippen molar-refractivity contribution in [3.8, 4) is 0 Å². The third-order valence-electron chi connectivity index (χ3n) is 2.70. The molecule has 5 nitrogen and oxygen atoms in total. The van der Waals surface area contributed by atoms with Crippen molar-refractivity contribution in [2.75, 3.05) is 19.0 Å². The number of amides is 1. The zero-order valence-corrected chi connectivity index (χ0v) is 12.0. The van der Waals surface area contributed by atoms with Crippen molar-refractivity contribution in [1.82, 2.24) is 4.90 Å². The summed E-state index contributed by atoms with van der Waals surface area (Å²) in [5.74, 6) is 4.42. The molecule has 0 bridgehead atoms. The van der Waals surface area contributed by atoms with Crippen molar-refractivity contribution in [3.05, 3.63) is 29.3 Å². The standard InChI is InChI=1S/C13H18F3N3O2/c1-12(2,21)7-19(3)11(20)8-4-5-10(18-17)9(6-8)13(14,15)16/h4-6,18,21H,7,17H2,1-3H3. The average Bonchev–Trinajstić information content (AvgIpc) is 2.34. The number of hydrogen-bond donors (Lipinski definition) is 3. The van der Waals surface area contributed by atoms with Gasteiger partial charge in [0.05, 0.1) is 16.9 Å². The van der Waals surface area contributed by atoms with E-state index in [0.29, 0.717) is 0 Å². The summed E-state index contributed by atoms with van der Waals surface area (Å²) >= 11 is 0. The van der Waals surface area contributed by atoms with Crippen LogP contribution in [0.15, 0.2) is 18.2 Å². The van der Waals surface area contributed by atoms with Crippen LogP contribution in [-0.4, -0.2) is 35.1 Å². The number of nitrogens with two attached hydrogens (primary N) is 1. The summed E-state index contributed by atoms with van der Waals surface area (Å²) in [5, 5.41) is 9.65. The van der Waals surface area contributed by atoms with Crippen LogP contribution >= 0.6 is 0 Å². The molecule has 0 aromatic heterocycles. The maximum absolute atomic E-state index is 12.9. The number of alkyl halides is 3. The van der Waals surface area contributed by atoms with E-state index in [2.05, 4.69) is 0 Å². The van der Waals surface area contributed by atoms with Gasteiger partial charge in [0.1, 0.15) is 0 Å². The van der Waals surface area contributed by atoms with Crippen LogP contribution in [0.1, 0.15) is 29.8 Å². The molecule has 0 spiro atoms. The minimum absolute atomic E-state index is 0.00985. The number of aliphatic hydroxyl groups is 1. The lowest BCUT2D eigenvalue weighted by molar-refractivity contribution is -0.137. The quantitative estimate of drug-likeness (QED) is 0.586. The molecule has 0 fully saturated rings. The van der Waals surface area contributed by atoms with E-state index in [-0.39, 0.29) is 17.8 Å². The number of nitrogens with zero attached hydrogens (tertiary/aromatic N) is 1. The Morgan fingerprint density at radius 3 is 2.38 bits per heavy atom. The van der Waals surface area contributed by atoms with Crippen LogP contribution in [0.25, 0.3) is 0 Å². The molecule has 0 aliphatic heterocycles. The van der Waals surface area contributed by atoms with Crippen LogP contribution in [0.5, 0.6) is 0 Å². The first-order valence-corrected chi connectivity index (χ1v) is 6.11. The van der Waals surface area contributed by atoms with Gasteiger partial charge in [0.2, 0.25) is 0 Å². The molecule has 0 aliphatic rings. The number of nitrogens with one attached hydrogen (secondary N) is 1. The Balaban J connectivity index is 3.12. The molecule has 1 aromatic carbocycles. The van der Waals surface area contributed by atoms with Crippen LogP contribution in [0, 0.1) is 0 Å². The Morgan fingerprint density at radius 2 is 1.95 bits per heavy atom. The molecule has 0 atom stereocenters. The number of hydrazine groups is 1. The summed E-state index contributed by atoms with van der Waals surface area (Å²) < 4.78 is 38.7. The van der Waals surface area contributed by atoms with Crippen LogP contribution < -0.4 is 11.3 Å². The number of likely N-dealkylation sites (N-methyl/N-ethyl adjacent to an activating group) is 1. The van der Waals surface area contributed by atoms with Crippen molar-refractivity contribution in [2.45, 2.75) is 25.6 Å². The molecule has 0 heterocycles. The molecule has 0 aliphatic carbocycles. The Kier molecular flexibility index (Phi) is 4.85. The minimum Gasteiger partial charge on any atom is -0.389 e. The maximum Gasteiger partial charge on any atom is 0.418 e. The van der Waals surface area contributed by atoms with Crippen LogP contribution in [0.2, 0.25) is 0 Å². The fourth-order valence-electron chi connectivity index (χ4n) is 1.91. The van der Waals surface area contributed by atoms with Gasteiger partial charge in [-0.25, -0.2) is 0 Å². The molecule has 8 heteroatoms. The first kappa shape index (κ1) is 17.3. The van der Waals surface area contributed by atoms with Crippen molar-refractivity contribution >= 4 is 11.6 Å². The first-order chi connectivity index (χ1) is 9.45. The highest BCUT2D eigenvalue weighted by atomic mass is 19.4. The average molecular weight is 305 g/mol. The number of halogens is 3. The van der Waals surface area contributed by atoms with E-state index in [1.54, 1.807) is 0 Å². The van der Waals surface area contributed by atoms with Gasteiger partial charge in [-0.2, -0.15) is 13.2 Å². The summed E-state index contributed by atoms with van der Waals surface area (Å²) in [6, 6.07) is 3.07. The number of carbonyl (C=O) groups excluding carboxylic acids is 1. The van der Waals surface area contributed by atoms with Crippen molar-refractivity contribution in [3.63, 3.8) is 0 Å². The summed E-state index contributed by atoms with van der Waals surface area (Å²) in [6.45, 7) is 2.99. The van der Waals surface area contributed by atoms with E-state index in [1.807, 2.05) is 5.43 Å². The van der Waals surface area contributed by atoms with Gasteiger partial charge in [0, 0.05) is 19.2 Å². The summed E-state index contributed by atoms with van der Waals surface area (Å²) in [5.41, 5.74) is -0.660. The molecule has 21 heavy (non-hydrogen) atoms. The van der Waals surface area contributed by atoms with E-state index in [4.69, 9.17) is 5.84 Å². The lowest BCUT2D eigenvalue weighted by atomic mass is 10.1. The lowest BCUT2D eigenvalue weighted by Crippen LogP contribution is -2.39. The topological polar surface area (TPSA) is 78.6 Å². The zero-order valence-electron chi connectivity index (χ0n) is 12.0. The monoisotopic (exact) mass is 305 g/mol. The maximum atomic E-state index is 12.9. The summed E-state index contributed by atoms with van der Waals surface area (Å²) in [4.78, 5) is 13.3. The predicted molar refractivity (Wildman–Crippen MR) is 72.5 cm³/mol. The fourth-order valence-corrected chi connectivity index (χ4v) is 1.91. The molecular weight excluding hydrogens is 287 g/mol. The Morgan fingerprint density at radius 1 is 1.38 bits per heavy atom. The normalized spacial score (nSPS) is 12.2. The Labute approximate surface area is 120 Å². The SMILES string of the molecule is CN(CC(C)(C)O)C(=O)c1ccc(NN)c(C(F)(F)F)c1. The summed E-state index contributed by atoms with van der Waals surface area (Å²) in [7, 11) is 1.41. The smallest absolute Gasteiger partial charge is 0.389 e. The number of anilines is 1. The van der Waals surface area contributed by atoms with E-state index in [9.17, 15) is 23.1 Å². The number of benzene rings is 1. The first-order valence-electron chi connectivity index (χ1n) is 6.11. The van der Waals surface area contributed by atoms with Gasteiger partial charge in [-0.05, 0) is 32.0 Å². The Bertz CT molecular complexity index is 524. The van der Waals surface area contributed by atoms with E-state index < -0.39 is 23.2 Å². The van der Waals surface area contributed by atoms with Crippen LogP contribution in [-0.2, 0) is 6.18 Å². The zero-order chi connectivity index (χ0) is 16.4. The molecule has 0 saturated carbocycles. The molecule has 118 valence electrons. The number of rotatable bonds is 4. The van der Waals surface area contributed by atoms with E-state index in [0.717, 1.165) is 17.0 Å². The predicted octanol–water partition coefficient (Wildman–Crippen LogP) is 1.83. The second-order valence-electron chi connectivity index (χ2n) is 5.38. The van der Waals surface area contributed by atoms with Gasteiger partial charge >= 0.3 is 6.18 Å². The third kappa shape index (κ3) is 4.61. The molecular formula is C13H18F3N3O2. The molecule has 0 unspecified atom stereocenters. The molecule has 4 N–H and O–H groups in total. The van der Waals surface area contributed by atoms with Crippen LogP contribution in [0.3, 0.4) is 0 Å². The molecule has 1 rings (SSSR count). The largest absolute Gasteiger partial charge is 0.418 e. The minimum atomic E-state index is -4.63. The van der Waals surface area contributed by atoms with Gasteiger partial charge in [0.25, 0.3) is 5.91 Å². The van der Waals surface area contributed by atoms with Gasteiger partial charge in [-0.3, -0.25) is 10.6 Å². The third-order valence-corrected chi connectivity index (χ3v) is 2.70. The van der Waals surface area contributed by atoms with Gasteiger partial charge in [-0.15, -0.1) is 0 Å². The second kappa shape index (κ2) is 5.90.